The van der Waals surface area contributed by atoms with Gasteiger partial charge in [-0.25, -0.2) is 13.8 Å². The van der Waals surface area contributed by atoms with E-state index in [1.165, 1.54) is 13.2 Å². The SMILES string of the molecule is CC/C(=N/NC(=O)CN(c1ccc(C)c(Cl)c1)S(C)(=O)=O)c1ccc(OC)c(OC)c1. The van der Waals surface area contributed by atoms with Gasteiger partial charge in [-0.2, -0.15) is 5.10 Å². The third-order valence-corrected chi connectivity index (χ3v) is 6.05. The number of benzene rings is 2. The summed E-state index contributed by atoms with van der Waals surface area (Å²) in [5.41, 5.74) is 4.87. The molecule has 0 fully saturated rings. The minimum absolute atomic E-state index is 0.299. The summed E-state index contributed by atoms with van der Waals surface area (Å²) in [6.07, 6.45) is 1.55. The Labute approximate surface area is 187 Å². The van der Waals surface area contributed by atoms with Crippen LogP contribution in [0.1, 0.15) is 24.5 Å². The number of nitrogens with zero attached hydrogens (tertiary/aromatic N) is 2. The molecule has 0 aliphatic heterocycles. The first kappa shape index (κ1) is 24.5. The molecular weight excluding hydrogens is 442 g/mol. The topological polar surface area (TPSA) is 97.3 Å². The van der Waals surface area contributed by atoms with Gasteiger partial charge in [-0.1, -0.05) is 24.6 Å². The number of sulfonamides is 1. The predicted molar refractivity (Wildman–Crippen MR) is 123 cm³/mol. The summed E-state index contributed by atoms with van der Waals surface area (Å²) < 4.78 is 36.0. The highest BCUT2D eigenvalue weighted by Crippen LogP contribution is 2.28. The number of carbonyl (C=O) groups is 1. The van der Waals surface area contributed by atoms with Crippen molar-refractivity contribution in [3.05, 3.63) is 52.5 Å². The van der Waals surface area contributed by atoms with Crippen molar-refractivity contribution in [2.45, 2.75) is 20.3 Å². The summed E-state index contributed by atoms with van der Waals surface area (Å²) in [5.74, 6) is 0.520. The van der Waals surface area contributed by atoms with Gasteiger partial charge in [0.1, 0.15) is 6.54 Å². The van der Waals surface area contributed by atoms with Crippen molar-refractivity contribution >= 4 is 38.9 Å². The standard InChI is InChI=1S/C21H26ClN3O5S/c1-6-18(15-8-10-19(29-3)20(11-15)30-4)23-24-21(26)13-25(31(5,27)28)16-9-7-14(2)17(22)12-16/h7-12H,6,13H2,1-5H3,(H,24,26)/b23-18-. The predicted octanol–water partition coefficient (Wildman–Crippen LogP) is 3.36. The molecule has 0 aromatic heterocycles. The number of halogens is 1. The van der Waals surface area contributed by atoms with Crippen LogP contribution in [0.4, 0.5) is 5.69 Å². The van der Waals surface area contributed by atoms with E-state index in [0.717, 1.165) is 21.7 Å². The molecular formula is C21H26ClN3O5S. The number of aryl methyl sites for hydroxylation is 1. The van der Waals surface area contributed by atoms with E-state index in [2.05, 4.69) is 10.5 Å². The molecule has 0 atom stereocenters. The van der Waals surface area contributed by atoms with Gasteiger partial charge in [0, 0.05) is 10.6 Å². The minimum Gasteiger partial charge on any atom is -0.493 e. The highest BCUT2D eigenvalue weighted by atomic mass is 35.5. The van der Waals surface area contributed by atoms with Gasteiger partial charge in [0.25, 0.3) is 5.91 Å². The van der Waals surface area contributed by atoms with Crippen LogP contribution in [0.2, 0.25) is 5.02 Å². The Morgan fingerprint density at radius 2 is 1.81 bits per heavy atom. The number of amides is 1. The van der Waals surface area contributed by atoms with Crippen LogP contribution in [0.5, 0.6) is 11.5 Å². The van der Waals surface area contributed by atoms with Crippen molar-refractivity contribution in [3.8, 4) is 11.5 Å². The Hall–Kier alpha value is -2.78. The van der Waals surface area contributed by atoms with Crippen molar-refractivity contribution in [2.24, 2.45) is 5.10 Å². The summed E-state index contributed by atoms with van der Waals surface area (Å²) in [7, 11) is -0.647. The number of rotatable bonds is 9. The van der Waals surface area contributed by atoms with Crippen molar-refractivity contribution in [1.82, 2.24) is 5.43 Å². The lowest BCUT2D eigenvalue weighted by molar-refractivity contribution is -0.119. The zero-order chi connectivity index (χ0) is 23.2. The first-order valence-corrected chi connectivity index (χ1v) is 11.6. The fourth-order valence-electron chi connectivity index (χ4n) is 2.80. The lowest BCUT2D eigenvalue weighted by atomic mass is 10.1. The minimum atomic E-state index is -3.72. The van der Waals surface area contributed by atoms with E-state index >= 15 is 0 Å². The Balaban J connectivity index is 2.23. The van der Waals surface area contributed by atoms with E-state index in [9.17, 15) is 13.2 Å². The third kappa shape index (κ3) is 6.35. The highest BCUT2D eigenvalue weighted by molar-refractivity contribution is 7.92. The second-order valence-corrected chi connectivity index (χ2v) is 9.03. The molecule has 1 amide bonds. The molecule has 0 aliphatic carbocycles. The Kier molecular flexibility index (Phi) is 8.29. The van der Waals surface area contributed by atoms with Crippen LogP contribution in [0.15, 0.2) is 41.5 Å². The average Bonchev–Trinajstić information content (AvgIpc) is 2.73. The Morgan fingerprint density at radius 1 is 1.13 bits per heavy atom. The Bertz CT molecular complexity index is 1090. The molecule has 1 N–H and O–H groups in total. The molecule has 0 saturated heterocycles. The first-order chi connectivity index (χ1) is 14.6. The smallest absolute Gasteiger partial charge is 0.260 e. The summed E-state index contributed by atoms with van der Waals surface area (Å²) in [4.78, 5) is 12.5. The fraction of sp³-hybridized carbons (Fsp3) is 0.333. The van der Waals surface area contributed by atoms with Crippen LogP contribution < -0.4 is 19.2 Å². The molecule has 2 aromatic carbocycles. The maximum Gasteiger partial charge on any atom is 0.260 e. The lowest BCUT2D eigenvalue weighted by Crippen LogP contribution is -2.39. The quantitative estimate of drug-likeness (QED) is 0.450. The summed E-state index contributed by atoms with van der Waals surface area (Å²) in [5, 5.41) is 4.59. The number of methoxy groups -OCH3 is 2. The zero-order valence-corrected chi connectivity index (χ0v) is 19.7. The van der Waals surface area contributed by atoms with Crippen LogP contribution in [-0.2, 0) is 14.8 Å². The van der Waals surface area contributed by atoms with Gasteiger partial charge >= 0.3 is 0 Å². The van der Waals surface area contributed by atoms with Crippen molar-refractivity contribution < 1.29 is 22.7 Å². The van der Waals surface area contributed by atoms with Gasteiger partial charge in [0.2, 0.25) is 10.0 Å². The molecule has 2 aromatic rings. The molecule has 0 spiro atoms. The molecule has 168 valence electrons. The molecule has 8 nitrogen and oxygen atoms in total. The number of hydrogen-bond acceptors (Lipinski definition) is 6. The maximum absolute atomic E-state index is 12.5. The molecule has 0 aliphatic rings. The molecule has 31 heavy (non-hydrogen) atoms. The number of carbonyl (C=O) groups excluding carboxylic acids is 1. The number of anilines is 1. The van der Waals surface area contributed by atoms with E-state index in [0.29, 0.717) is 34.3 Å². The van der Waals surface area contributed by atoms with Gasteiger partial charge in [-0.05, 0) is 49.2 Å². The van der Waals surface area contributed by atoms with E-state index in [-0.39, 0.29) is 0 Å². The largest absolute Gasteiger partial charge is 0.493 e. The van der Waals surface area contributed by atoms with Gasteiger partial charge in [0.15, 0.2) is 11.5 Å². The molecule has 2 rings (SSSR count). The fourth-order valence-corrected chi connectivity index (χ4v) is 3.82. The third-order valence-electron chi connectivity index (χ3n) is 4.50. The summed E-state index contributed by atoms with van der Waals surface area (Å²) in [6.45, 7) is 3.25. The molecule has 0 heterocycles. The van der Waals surface area contributed by atoms with Gasteiger partial charge in [-0.15, -0.1) is 0 Å². The second kappa shape index (κ2) is 10.5. The van der Waals surface area contributed by atoms with Crippen LogP contribution in [0, 0.1) is 6.92 Å². The van der Waals surface area contributed by atoms with Crippen LogP contribution in [0.3, 0.4) is 0 Å². The first-order valence-electron chi connectivity index (χ1n) is 9.42. The normalized spacial score (nSPS) is 11.7. The van der Waals surface area contributed by atoms with Gasteiger partial charge in [-0.3, -0.25) is 9.10 Å². The summed E-state index contributed by atoms with van der Waals surface area (Å²) >= 11 is 6.12. The number of nitrogens with one attached hydrogen (secondary N) is 1. The number of hydrogen-bond donors (Lipinski definition) is 1. The van der Waals surface area contributed by atoms with Gasteiger partial charge in [0.05, 0.1) is 31.9 Å². The average molecular weight is 468 g/mol. The van der Waals surface area contributed by atoms with E-state index in [1.807, 2.05) is 6.92 Å². The van der Waals surface area contributed by atoms with Crippen LogP contribution >= 0.6 is 11.6 Å². The number of hydrazone groups is 1. The molecule has 0 bridgehead atoms. The van der Waals surface area contributed by atoms with E-state index in [1.54, 1.807) is 44.4 Å². The highest BCUT2D eigenvalue weighted by Gasteiger charge is 2.21. The van der Waals surface area contributed by atoms with Crippen molar-refractivity contribution in [2.75, 3.05) is 31.3 Å². The number of ether oxygens (including phenoxy) is 2. The molecule has 0 saturated carbocycles. The van der Waals surface area contributed by atoms with Crippen molar-refractivity contribution in [1.29, 1.82) is 0 Å². The van der Waals surface area contributed by atoms with Crippen LogP contribution in [0.25, 0.3) is 0 Å². The zero-order valence-electron chi connectivity index (χ0n) is 18.1. The maximum atomic E-state index is 12.5. The van der Waals surface area contributed by atoms with E-state index in [4.69, 9.17) is 21.1 Å². The van der Waals surface area contributed by atoms with E-state index < -0.39 is 22.5 Å². The summed E-state index contributed by atoms with van der Waals surface area (Å²) in [6, 6.07) is 10.1. The van der Waals surface area contributed by atoms with Gasteiger partial charge < -0.3 is 9.47 Å². The lowest BCUT2D eigenvalue weighted by Gasteiger charge is -2.22. The molecule has 0 radical (unpaired) electrons. The second-order valence-electron chi connectivity index (χ2n) is 6.72. The van der Waals surface area contributed by atoms with Crippen LogP contribution in [-0.4, -0.2) is 47.1 Å². The Morgan fingerprint density at radius 3 is 2.35 bits per heavy atom. The van der Waals surface area contributed by atoms with Crippen molar-refractivity contribution in [3.63, 3.8) is 0 Å². The molecule has 0 unspecified atom stereocenters. The molecule has 10 heteroatoms. The monoisotopic (exact) mass is 467 g/mol.